The van der Waals surface area contributed by atoms with Crippen LogP contribution in [0.4, 0.5) is 0 Å². The molecule has 24 heavy (non-hydrogen) atoms. The number of hydrogen-bond donors (Lipinski definition) is 1. The van der Waals surface area contributed by atoms with Gasteiger partial charge < -0.3 is 14.6 Å². The molecule has 7 nitrogen and oxygen atoms in total. The Balaban J connectivity index is 1.74. The number of aliphatic hydroxyl groups is 1. The molecule has 3 heterocycles. The number of carbonyl (C=O) groups excluding carboxylic acids is 1. The van der Waals surface area contributed by atoms with Crippen molar-refractivity contribution in [2.45, 2.75) is 59.4 Å². The van der Waals surface area contributed by atoms with Crippen molar-refractivity contribution < 1.29 is 9.90 Å². The van der Waals surface area contributed by atoms with Crippen molar-refractivity contribution in [1.82, 2.24) is 24.2 Å². The zero-order chi connectivity index (χ0) is 17.3. The number of fused-ring (bicyclic) bond motifs is 1. The second kappa shape index (κ2) is 6.76. The topological polar surface area (TPSA) is 76.2 Å². The van der Waals surface area contributed by atoms with E-state index in [2.05, 4.69) is 10.1 Å². The molecule has 1 N–H and O–H groups in total. The molecule has 1 unspecified atom stereocenters. The van der Waals surface area contributed by atoms with Crippen LogP contribution in [0, 0.1) is 13.8 Å². The van der Waals surface area contributed by atoms with E-state index in [1.165, 1.54) is 0 Å². The highest BCUT2D eigenvalue weighted by Crippen LogP contribution is 2.20. The summed E-state index contributed by atoms with van der Waals surface area (Å²) < 4.78 is 3.82. The number of nitrogens with zero attached hydrogens (tertiary/aromatic N) is 5. The lowest BCUT2D eigenvalue weighted by Crippen LogP contribution is -2.33. The Labute approximate surface area is 141 Å². The molecule has 0 fully saturated rings. The Bertz CT molecular complexity index is 733. The van der Waals surface area contributed by atoms with Crippen molar-refractivity contribution in [1.29, 1.82) is 0 Å². The number of aromatic nitrogens is 4. The van der Waals surface area contributed by atoms with Crippen LogP contribution >= 0.6 is 0 Å². The molecule has 1 atom stereocenters. The third-order valence-corrected chi connectivity index (χ3v) is 4.76. The van der Waals surface area contributed by atoms with E-state index < -0.39 is 6.10 Å². The van der Waals surface area contributed by atoms with Gasteiger partial charge in [-0.2, -0.15) is 5.10 Å². The van der Waals surface area contributed by atoms with Crippen molar-refractivity contribution in [3.8, 4) is 0 Å². The summed E-state index contributed by atoms with van der Waals surface area (Å²) in [6, 6.07) is 1.92. The molecule has 0 saturated heterocycles. The van der Waals surface area contributed by atoms with Crippen LogP contribution in [0.1, 0.15) is 48.6 Å². The van der Waals surface area contributed by atoms with E-state index in [4.69, 9.17) is 0 Å². The maximum Gasteiger partial charge on any atom is 0.242 e. The van der Waals surface area contributed by atoms with Crippen molar-refractivity contribution in [3.05, 3.63) is 35.2 Å². The van der Waals surface area contributed by atoms with Gasteiger partial charge in [0.15, 0.2) is 0 Å². The Morgan fingerprint density at radius 3 is 2.83 bits per heavy atom. The molecular weight excluding hydrogens is 306 g/mol. The van der Waals surface area contributed by atoms with Gasteiger partial charge in [0.25, 0.3) is 0 Å². The molecule has 0 saturated carbocycles. The monoisotopic (exact) mass is 331 g/mol. The number of carbonyl (C=O) groups is 1. The van der Waals surface area contributed by atoms with E-state index in [1.807, 2.05) is 41.0 Å². The fraction of sp³-hybridized carbons (Fsp3) is 0.588. The van der Waals surface area contributed by atoms with Crippen LogP contribution in [-0.4, -0.2) is 41.8 Å². The third kappa shape index (κ3) is 3.21. The lowest BCUT2D eigenvalue weighted by atomic mass is 10.2. The van der Waals surface area contributed by atoms with Gasteiger partial charge in [-0.15, -0.1) is 0 Å². The first kappa shape index (κ1) is 16.7. The second-order valence-corrected chi connectivity index (χ2v) is 6.42. The average Bonchev–Trinajstić information content (AvgIpc) is 3.04. The van der Waals surface area contributed by atoms with Crippen LogP contribution in [-0.2, 0) is 24.4 Å². The molecule has 1 aliphatic rings. The minimum absolute atomic E-state index is 0.0859. The summed E-state index contributed by atoms with van der Waals surface area (Å²) in [5, 5.41) is 14.5. The number of imidazole rings is 1. The first-order valence-electron chi connectivity index (χ1n) is 8.50. The van der Waals surface area contributed by atoms with Crippen LogP contribution in [0.15, 0.2) is 12.4 Å². The predicted molar refractivity (Wildman–Crippen MR) is 89.2 cm³/mol. The van der Waals surface area contributed by atoms with E-state index in [0.717, 1.165) is 36.6 Å². The van der Waals surface area contributed by atoms with Crippen LogP contribution in [0.3, 0.4) is 0 Å². The maximum atomic E-state index is 12.7. The summed E-state index contributed by atoms with van der Waals surface area (Å²) >= 11 is 0. The first-order chi connectivity index (χ1) is 11.5. The minimum atomic E-state index is -0.537. The Kier molecular flexibility index (Phi) is 4.71. The fourth-order valence-corrected chi connectivity index (χ4v) is 3.02. The van der Waals surface area contributed by atoms with E-state index >= 15 is 0 Å². The molecule has 3 rings (SSSR count). The van der Waals surface area contributed by atoms with Crippen molar-refractivity contribution in [2.75, 3.05) is 6.54 Å². The van der Waals surface area contributed by atoms with Gasteiger partial charge in [0.1, 0.15) is 6.54 Å². The largest absolute Gasteiger partial charge is 0.387 e. The molecule has 2 aromatic heterocycles. The lowest BCUT2D eigenvalue weighted by Gasteiger charge is -2.20. The molecular formula is C17H25N5O2. The summed E-state index contributed by atoms with van der Waals surface area (Å²) in [6.45, 7) is 8.20. The first-order valence-corrected chi connectivity index (χ1v) is 8.50. The minimum Gasteiger partial charge on any atom is -0.387 e. The second-order valence-electron chi connectivity index (χ2n) is 6.42. The molecule has 1 aliphatic heterocycles. The van der Waals surface area contributed by atoms with Gasteiger partial charge in [0.05, 0.1) is 36.1 Å². The Hall–Kier alpha value is -2.15. The fourth-order valence-electron chi connectivity index (χ4n) is 3.02. The van der Waals surface area contributed by atoms with Crippen molar-refractivity contribution in [3.63, 3.8) is 0 Å². The van der Waals surface area contributed by atoms with Gasteiger partial charge in [-0.1, -0.05) is 6.92 Å². The van der Waals surface area contributed by atoms with Crippen molar-refractivity contribution >= 4 is 5.91 Å². The summed E-state index contributed by atoms with van der Waals surface area (Å²) in [4.78, 5) is 18.8. The number of rotatable bonds is 4. The summed E-state index contributed by atoms with van der Waals surface area (Å²) in [5.41, 5.74) is 3.66. The van der Waals surface area contributed by atoms with Gasteiger partial charge in [-0.05, 0) is 32.8 Å². The smallest absolute Gasteiger partial charge is 0.242 e. The molecule has 7 heteroatoms. The van der Waals surface area contributed by atoms with Crippen LogP contribution < -0.4 is 0 Å². The van der Waals surface area contributed by atoms with Crippen LogP contribution in [0.25, 0.3) is 0 Å². The zero-order valence-corrected chi connectivity index (χ0v) is 14.6. The van der Waals surface area contributed by atoms with E-state index in [-0.39, 0.29) is 5.91 Å². The molecule has 0 aromatic carbocycles. The Morgan fingerprint density at radius 2 is 2.17 bits per heavy atom. The molecule has 0 spiro atoms. The highest BCUT2D eigenvalue weighted by atomic mass is 16.3. The molecule has 2 aromatic rings. The summed E-state index contributed by atoms with van der Waals surface area (Å²) in [6.07, 6.45) is 2.69. The molecule has 0 aliphatic carbocycles. The summed E-state index contributed by atoms with van der Waals surface area (Å²) in [7, 11) is 0. The standard InChI is InChI=1S/C17H25N5O2/c1-4-16(23)15-8-14-9-20(6-5-7-22(14)19-15)17(24)10-21-11-18-12(2)13(21)3/h8,11,16,23H,4-7,9-10H2,1-3H3. The van der Waals surface area contributed by atoms with Gasteiger partial charge in [-0.3, -0.25) is 9.48 Å². The van der Waals surface area contributed by atoms with E-state index in [9.17, 15) is 9.90 Å². The van der Waals surface area contributed by atoms with Gasteiger partial charge in [-0.25, -0.2) is 4.98 Å². The highest BCUT2D eigenvalue weighted by Gasteiger charge is 2.22. The third-order valence-electron chi connectivity index (χ3n) is 4.76. The van der Waals surface area contributed by atoms with Gasteiger partial charge in [0.2, 0.25) is 5.91 Å². The van der Waals surface area contributed by atoms with E-state index in [1.54, 1.807) is 6.33 Å². The van der Waals surface area contributed by atoms with E-state index in [0.29, 0.717) is 25.2 Å². The number of aliphatic hydroxyl groups excluding tert-OH is 1. The highest BCUT2D eigenvalue weighted by molar-refractivity contribution is 5.76. The van der Waals surface area contributed by atoms with Crippen molar-refractivity contribution in [2.24, 2.45) is 0 Å². The predicted octanol–water partition coefficient (Wildman–Crippen LogP) is 1.57. The average molecular weight is 331 g/mol. The number of amides is 1. The normalized spacial score (nSPS) is 15.9. The van der Waals surface area contributed by atoms with Gasteiger partial charge >= 0.3 is 0 Å². The van der Waals surface area contributed by atoms with Crippen LogP contribution in [0.2, 0.25) is 0 Å². The molecule has 0 bridgehead atoms. The molecule has 1 amide bonds. The lowest BCUT2D eigenvalue weighted by molar-refractivity contribution is -0.132. The Morgan fingerprint density at radius 1 is 1.38 bits per heavy atom. The zero-order valence-electron chi connectivity index (χ0n) is 14.6. The van der Waals surface area contributed by atoms with Crippen LogP contribution in [0.5, 0.6) is 0 Å². The van der Waals surface area contributed by atoms with Gasteiger partial charge in [0, 0.05) is 18.8 Å². The molecule has 130 valence electrons. The summed E-state index contributed by atoms with van der Waals surface area (Å²) in [5.74, 6) is 0.0859. The SMILES string of the molecule is CCC(O)c1cc2n(n1)CCCN(C(=O)Cn1cnc(C)c1C)C2. The molecule has 0 radical (unpaired) electrons. The number of hydrogen-bond acceptors (Lipinski definition) is 4. The maximum absolute atomic E-state index is 12.7. The quantitative estimate of drug-likeness (QED) is 0.923. The number of aryl methyl sites for hydroxylation is 2.